The van der Waals surface area contributed by atoms with E-state index in [-0.39, 0.29) is 16.8 Å². The van der Waals surface area contributed by atoms with Gasteiger partial charge in [-0.3, -0.25) is 4.79 Å². The molecule has 0 N–H and O–H groups in total. The molecule has 0 saturated carbocycles. The highest BCUT2D eigenvalue weighted by molar-refractivity contribution is 7.19. The van der Waals surface area contributed by atoms with E-state index in [4.69, 9.17) is 32.7 Å². The largest absolute Gasteiger partial charge is 0.453 e. The molecule has 1 aliphatic heterocycles. The summed E-state index contributed by atoms with van der Waals surface area (Å²) in [5.74, 6) is -0.738. The zero-order valence-electron chi connectivity index (χ0n) is 20.0. The van der Waals surface area contributed by atoms with Crippen molar-refractivity contribution in [2.24, 2.45) is 0 Å². The molecule has 0 radical (unpaired) electrons. The van der Waals surface area contributed by atoms with Crippen LogP contribution in [0.1, 0.15) is 45.0 Å². The molecule has 8 nitrogen and oxygen atoms in total. The summed E-state index contributed by atoms with van der Waals surface area (Å²) < 4.78 is 45.4. The van der Waals surface area contributed by atoms with E-state index in [2.05, 4.69) is 15.2 Å². The minimum absolute atomic E-state index is 0.0445. The predicted octanol–water partition coefficient (Wildman–Crippen LogP) is 7.22. The number of likely N-dealkylation sites (tertiary alicyclic amines) is 1. The minimum atomic E-state index is -4.64. The van der Waals surface area contributed by atoms with Crippen LogP contribution in [0.5, 0.6) is 0 Å². The van der Waals surface area contributed by atoms with Gasteiger partial charge < -0.3 is 9.42 Å². The summed E-state index contributed by atoms with van der Waals surface area (Å²) in [6, 6.07) is 7.03. The number of carbonyl (C=O) groups excluding carboxylic acids is 1. The van der Waals surface area contributed by atoms with Crippen molar-refractivity contribution in [2.75, 3.05) is 13.1 Å². The Balaban J connectivity index is 1.12. The van der Waals surface area contributed by atoms with Crippen LogP contribution in [-0.2, 0) is 6.18 Å². The first kappa shape index (κ1) is 26.2. The molecule has 1 aromatic carbocycles. The van der Waals surface area contributed by atoms with E-state index in [0.29, 0.717) is 63.7 Å². The number of nitrogens with zero attached hydrogens (tertiary/aromatic N) is 6. The van der Waals surface area contributed by atoms with E-state index in [1.54, 1.807) is 30.0 Å². The van der Waals surface area contributed by atoms with Crippen LogP contribution in [0.25, 0.3) is 27.7 Å². The lowest BCUT2D eigenvalue weighted by molar-refractivity contribution is -0.144. The Kier molecular flexibility index (Phi) is 6.64. The second-order valence-corrected chi connectivity index (χ2v) is 11.7. The summed E-state index contributed by atoms with van der Waals surface area (Å²) in [5.41, 5.74) is 2.42. The van der Waals surface area contributed by atoms with E-state index in [0.717, 1.165) is 26.4 Å². The van der Waals surface area contributed by atoms with Gasteiger partial charge in [0.1, 0.15) is 16.3 Å². The molecule has 1 aliphatic rings. The van der Waals surface area contributed by atoms with Gasteiger partial charge in [-0.15, -0.1) is 16.4 Å². The number of fused-ring (bicyclic) bond motifs is 1. The lowest BCUT2D eigenvalue weighted by atomic mass is 9.97. The Morgan fingerprint density at radius 3 is 2.56 bits per heavy atom. The highest BCUT2D eigenvalue weighted by Crippen LogP contribution is 2.36. The Morgan fingerprint density at radius 2 is 1.87 bits per heavy atom. The number of carbonyl (C=O) groups is 1. The summed E-state index contributed by atoms with van der Waals surface area (Å²) in [5, 5.41) is 11.4. The molecule has 0 unspecified atom stereocenters. The molecule has 5 heterocycles. The number of alkyl halides is 3. The van der Waals surface area contributed by atoms with Gasteiger partial charge in [0.2, 0.25) is 4.96 Å². The second-order valence-electron chi connectivity index (χ2n) is 8.99. The number of amides is 1. The van der Waals surface area contributed by atoms with Crippen LogP contribution in [0.3, 0.4) is 0 Å². The third kappa shape index (κ3) is 4.92. The van der Waals surface area contributed by atoms with E-state index >= 15 is 0 Å². The Labute approximate surface area is 237 Å². The normalized spacial score (nSPS) is 15.0. The molecule has 1 amide bonds. The molecule has 0 spiro atoms. The van der Waals surface area contributed by atoms with E-state index in [1.165, 1.54) is 11.3 Å². The zero-order valence-corrected chi connectivity index (χ0v) is 23.1. The van der Waals surface area contributed by atoms with Gasteiger partial charge in [0.05, 0.1) is 20.7 Å². The molecule has 0 bridgehead atoms. The fourth-order valence-corrected chi connectivity index (χ4v) is 6.72. The number of rotatable bonds is 4. The fourth-order valence-electron chi connectivity index (χ4n) is 4.41. The molecule has 202 valence electrons. The summed E-state index contributed by atoms with van der Waals surface area (Å²) in [4.78, 5) is 23.6. The molecular formula is C24H17Cl2F3N6O2S2. The predicted molar refractivity (Wildman–Crippen MR) is 142 cm³/mol. The highest BCUT2D eigenvalue weighted by Gasteiger charge is 2.37. The number of hydrogen-bond donors (Lipinski definition) is 0. The molecule has 39 heavy (non-hydrogen) atoms. The van der Waals surface area contributed by atoms with Gasteiger partial charge >= 0.3 is 6.18 Å². The summed E-state index contributed by atoms with van der Waals surface area (Å²) in [7, 11) is 0. The van der Waals surface area contributed by atoms with E-state index in [1.807, 2.05) is 11.4 Å². The van der Waals surface area contributed by atoms with Crippen LogP contribution in [-0.4, -0.2) is 48.6 Å². The molecule has 1 fully saturated rings. The van der Waals surface area contributed by atoms with E-state index < -0.39 is 12.0 Å². The topological polar surface area (TPSA) is 89.4 Å². The monoisotopic (exact) mass is 612 g/mol. The maximum Gasteiger partial charge on any atom is 0.453 e. The van der Waals surface area contributed by atoms with Gasteiger partial charge in [0.25, 0.3) is 11.7 Å². The number of hydrogen-bond acceptors (Lipinski definition) is 8. The lowest BCUT2D eigenvalue weighted by Crippen LogP contribution is -2.37. The minimum Gasteiger partial charge on any atom is -0.354 e. The molecular weight excluding hydrogens is 596 g/mol. The number of benzene rings is 1. The molecule has 0 aliphatic carbocycles. The van der Waals surface area contributed by atoms with Crippen molar-refractivity contribution in [1.29, 1.82) is 0 Å². The quantitative estimate of drug-likeness (QED) is 0.213. The first-order valence-electron chi connectivity index (χ1n) is 11.7. The molecule has 15 heteroatoms. The fraction of sp³-hybridized carbons (Fsp3) is 0.292. The van der Waals surface area contributed by atoms with Gasteiger partial charge in [-0.05, 0) is 31.9 Å². The molecule has 6 rings (SSSR count). The number of aryl methyl sites for hydroxylation is 1. The van der Waals surface area contributed by atoms with E-state index in [9.17, 15) is 18.0 Å². The third-order valence-corrected chi connectivity index (χ3v) is 9.36. The van der Waals surface area contributed by atoms with Crippen LogP contribution >= 0.6 is 45.9 Å². The first-order chi connectivity index (χ1) is 18.6. The second kappa shape index (κ2) is 9.88. The number of halogens is 5. The lowest BCUT2D eigenvalue weighted by Gasteiger charge is -2.30. The maximum atomic E-state index is 13.2. The maximum absolute atomic E-state index is 13.2. The highest BCUT2D eigenvalue weighted by atomic mass is 35.5. The molecule has 4 aromatic heterocycles. The van der Waals surface area contributed by atoms with Crippen molar-refractivity contribution in [1.82, 2.24) is 29.6 Å². The van der Waals surface area contributed by atoms with Gasteiger partial charge in [-0.1, -0.05) is 45.8 Å². The van der Waals surface area contributed by atoms with Crippen molar-refractivity contribution >= 4 is 56.7 Å². The Morgan fingerprint density at radius 1 is 1.10 bits per heavy atom. The Bertz CT molecular complexity index is 1700. The molecule has 1 saturated heterocycles. The Hall–Kier alpha value is -3.00. The summed E-state index contributed by atoms with van der Waals surface area (Å²) >= 11 is 14.6. The van der Waals surface area contributed by atoms with Crippen molar-refractivity contribution in [3.8, 4) is 22.7 Å². The van der Waals surface area contributed by atoms with Crippen molar-refractivity contribution in [3.05, 3.63) is 61.1 Å². The van der Waals surface area contributed by atoms with Crippen LogP contribution in [0.15, 0.2) is 34.2 Å². The number of piperidine rings is 1. The van der Waals surface area contributed by atoms with Crippen LogP contribution in [0, 0.1) is 6.92 Å². The van der Waals surface area contributed by atoms with Gasteiger partial charge in [-0.2, -0.15) is 18.2 Å². The van der Waals surface area contributed by atoms with Gasteiger partial charge in [0.15, 0.2) is 5.76 Å². The van der Waals surface area contributed by atoms with Crippen molar-refractivity contribution in [3.63, 3.8) is 0 Å². The van der Waals surface area contributed by atoms with Crippen LogP contribution < -0.4 is 0 Å². The molecule has 0 atom stereocenters. The third-order valence-electron chi connectivity index (χ3n) is 6.50. The first-order valence-corrected chi connectivity index (χ1v) is 14.1. The standard InChI is InChI=1S/C24H17Cl2F3N6O2S2/c1-11-19(39-23-31-22(24(27,28)29)32-35(11)23)21(36)34-6-4-12(5-7-34)20-30-17(10-38-20)18-9-16(33-37-18)13-2-3-14(25)15(26)8-13/h2-3,8-10,12H,4-7H2,1H3. The number of aromatic nitrogens is 5. The average Bonchev–Trinajstić information content (AvgIpc) is 3.70. The van der Waals surface area contributed by atoms with Crippen molar-refractivity contribution < 1.29 is 22.5 Å². The van der Waals surface area contributed by atoms with Gasteiger partial charge in [0, 0.05) is 36.0 Å². The summed E-state index contributed by atoms with van der Waals surface area (Å²) in [6.45, 7) is 2.58. The summed E-state index contributed by atoms with van der Waals surface area (Å²) in [6.07, 6.45) is -3.22. The van der Waals surface area contributed by atoms with Crippen LogP contribution in [0.2, 0.25) is 10.0 Å². The molecule has 5 aromatic rings. The smallest absolute Gasteiger partial charge is 0.354 e. The average molecular weight is 613 g/mol. The van der Waals surface area contributed by atoms with Crippen LogP contribution in [0.4, 0.5) is 13.2 Å². The number of thiazole rings is 2. The SMILES string of the molecule is Cc1c(C(=O)N2CCC(c3nc(-c4cc(-c5ccc(Cl)c(Cl)c5)no4)cs3)CC2)sc2nc(C(F)(F)F)nn12. The van der Waals surface area contributed by atoms with Crippen molar-refractivity contribution in [2.45, 2.75) is 31.9 Å². The van der Waals surface area contributed by atoms with Gasteiger partial charge in [-0.25, -0.2) is 9.50 Å². The zero-order chi connectivity index (χ0) is 27.5.